The Bertz CT molecular complexity index is 1010. The molecule has 31 heavy (non-hydrogen) atoms. The van der Waals surface area contributed by atoms with Crippen molar-refractivity contribution >= 4 is 35.2 Å². The standard InChI is InChI=1S/C23H22ClN3O4/c24-19-8-4-3-7-18(19)21(29)26-12-9-15(10-13-26)25-20(28)11-14-27-22(30)16-5-1-2-6-17(16)23(27)31/h1-8,15H,9-14H2,(H,25,28). The Morgan fingerprint density at radius 1 is 0.935 bits per heavy atom. The van der Waals surface area contributed by atoms with E-state index in [9.17, 15) is 19.2 Å². The predicted molar refractivity (Wildman–Crippen MR) is 115 cm³/mol. The summed E-state index contributed by atoms with van der Waals surface area (Å²) in [5, 5.41) is 3.38. The number of hydrogen-bond acceptors (Lipinski definition) is 4. The minimum absolute atomic E-state index is 0.0437. The first-order valence-corrected chi connectivity index (χ1v) is 10.6. The fourth-order valence-corrected chi connectivity index (χ4v) is 4.20. The minimum atomic E-state index is -0.361. The van der Waals surface area contributed by atoms with Gasteiger partial charge in [0.15, 0.2) is 0 Å². The maximum atomic E-state index is 12.6. The van der Waals surface area contributed by atoms with E-state index in [1.165, 1.54) is 0 Å². The molecule has 0 aliphatic carbocycles. The molecule has 0 bridgehead atoms. The zero-order valence-corrected chi connectivity index (χ0v) is 17.6. The number of carbonyl (C=O) groups excluding carboxylic acids is 4. The average Bonchev–Trinajstić information content (AvgIpc) is 3.03. The van der Waals surface area contributed by atoms with E-state index < -0.39 is 0 Å². The van der Waals surface area contributed by atoms with Gasteiger partial charge in [0.2, 0.25) is 5.91 Å². The van der Waals surface area contributed by atoms with E-state index >= 15 is 0 Å². The number of amides is 4. The van der Waals surface area contributed by atoms with Gasteiger partial charge in [-0.1, -0.05) is 35.9 Å². The number of fused-ring (bicyclic) bond motifs is 1. The van der Waals surface area contributed by atoms with Crippen molar-refractivity contribution in [1.82, 2.24) is 15.1 Å². The molecule has 2 aliphatic heterocycles. The number of nitrogens with one attached hydrogen (secondary N) is 1. The minimum Gasteiger partial charge on any atom is -0.353 e. The molecule has 4 amide bonds. The van der Waals surface area contributed by atoms with Gasteiger partial charge in [-0.25, -0.2) is 0 Å². The molecule has 0 saturated carbocycles. The molecule has 2 aliphatic rings. The molecular formula is C23H22ClN3O4. The van der Waals surface area contributed by atoms with Crippen LogP contribution in [0.15, 0.2) is 48.5 Å². The van der Waals surface area contributed by atoms with Crippen molar-refractivity contribution in [2.24, 2.45) is 0 Å². The van der Waals surface area contributed by atoms with Crippen molar-refractivity contribution in [3.8, 4) is 0 Å². The molecule has 2 heterocycles. The number of piperidine rings is 1. The van der Waals surface area contributed by atoms with Crippen LogP contribution < -0.4 is 5.32 Å². The van der Waals surface area contributed by atoms with Gasteiger partial charge in [0.25, 0.3) is 17.7 Å². The van der Waals surface area contributed by atoms with E-state index in [0.29, 0.717) is 47.6 Å². The lowest BCUT2D eigenvalue weighted by Crippen LogP contribution is -2.47. The third kappa shape index (κ3) is 4.32. The molecule has 0 aromatic heterocycles. The number of hydrogen-bond donors (Lipinski definition) is 1. The van der Waals surface area contributed by atoms with Gasteiger partial charge < -0.3 is 10.2 Å². The van der Waals surface area contributed by atoms with Crippen molar-refractivity contribution < 1.29 is 19.2 Å². The summed E-state index contributed by atoms with van der Waals surface area (Å²) >= 11 is 6.12. The Labute approximate surface area is 185 Å². The monoisotopic (exact) mass is 439 g/mol. The van der Waals surface area contributed by atoms with E-state index in [2.05, 4.69) is 5.32 Å². The van der Waals surface area contributed by atoms with E-state index in [0.717, 1.165) is 4.90 Å². The second kappa shape index (κ2) is 8.89. The van der Waals surface area contributed by atoms with E-state index in [1.807, 2.05) is 0 Å². The second-order valence-corrected chi connectivity index (χ2v) is 8.08. The number of likely N-dealkylation sites (tertiary alicyclic amines) is 1. The number of nitrogens with zero attached hydrogens (tertiary/aromatic N) is 2. The lowest BCUT2D eigenvalue weighted by atomic mass is 10.0. The molecule has 1 N–H and O–H groups in total. The zero-order valence-electron chi connectivity index (χ0n) is 16.8. The van der Waals surface area contributed by atoms with E-state index in [1.54, 1.807) is 53.4 Å². The largest absolute Gasteiger partial charge is 0.353 e. The Morgan fingerprint density at radius 3 is 2.13 bits per heavy atom. The Morgan fingerprint density at radius 2 is 1.52 bits per heavy atom. The third-order valence-electron chi connectivity index (χ3n) is 5.69. The molecule has 0 unspecified atom stereocenters. The van der Waals surface area contributed by atoms with Gasteiger partial charge in [-0.2, -0.15) is 0 Å². The van der Waals surface area contributed by atoms with Crippen molar-refractivity contribution in [2.75, 3.05) is 19.6 Å². The first-order chi connectivity index (χ1) is 15.0. The Balaban J connectivity index is 1.25. The molecule has 8 heteroatoms. The van der Waals surface area contributed by atoms with Crippen LogP contribution in [-0.2, 0) is 4.79 Å². The fraction of sp³-hybridized carbons (Fsp3) is 0.304. The molecular weight excluding hydrogens is 418 g/mol. The van der Waals surface area contributed by atoms with Crippen LogP contribution in [0.25, 0.3) is 0 Å². The van der Waals surface area contributed by atoms with Crippen molar-refractivity contribution in [2.45, 2.75) is 25.3 Å². The quantitative estimate of drug-likeness (QED) is 0.726. The van der Waals surface area contributed by atoms with Crippen molar-refractivity contribution in [3.63, 3.8) is 0 Å². The van der Waals surface area contributed by atoms with Gasteiger partial charge in [-0.05, 0) is 37.1 Å². The number of benzene rings is 2. The Kier molecular flexibility index (Phi) is 6.04. The highest BCUT2D eigenvalue weighted by atomic mass is 35.5. The average molecular weight is 440 g/mol. The van der Waals surface area contributed by atoms with Gasteiger partial charge in [-0.15, -0.1) is 0 Å². The molecule has 160 valence electrons. The second-order valence-electron chi connectivity index (χ2n) is 7.67. The van der Waals surface area contributed by atoms with E-state index in [4.69, 9.17) is 11.6 Å². The van der Waals surface area contributed by atoms with Gasteiger partial charge in [-0.3, -0.25) is 24.1 Å². The summed E-state index contributed by atoms with van der Waals surface area (Å²) in [6, 6.07) is 13.6. The lowest BCUT2D eigenvalue weighted by molar-refractivity contribution is -0.122. The SMILES string of the molecule is O=C(CCN1C(=O)c2ccccc2C1=O)NC1CCN(C(=O)c2ccccc2Cl)CC1. The summed E-state index contributed by atoms with van der Waals surface area (Å²) in [4.78, 5) is 52.6. The molecule has 0 atom stereocenters. The van der Waals surface area contributed by atoms with Gasteiger partial charge in [0, 0.05) is 32.1 Å². The summed E-state index contributed by atoms with van der Waals surface area (Å²) < 4.78 is 0. The fourth-order valence-electron chi connectivity index (χ4n) is 3.99. The predicted octanol–water partition coefficient (Wildman–Crippen LogP) is 2.75. The van der Waals surface area contributed by atoms with Crippen LogP contribution >= 0.6 is 11.6 Å². The topological polar surface area (TPSA) is 86.8 Å². The molecule has 2 aromatic rings. The first-order valence-electron chi connectivity index (χ1n) is 10.2. The highest BCUT2D eigenvalue weighted by Gasteiger charge is 2.35. The van der Waals surface area contributed by atoms with Crippen LogP contribution in [0, 0.1) is 0 Å². The van der Waals surface area contributed by atoms with E-state index in [-0.39, 0.29) is 42.6 Å². The smallest absolute Gasteiger partial charge is 0.261 e. The lowest BCUT2D eigenvalue weighted by Gasteiger charge is -2.32. The molecule has 1 saturated heterocycles. The van der Waals surface area contributed by atoms with Gasteiger partial charge in [0.05, 0.1) is 21.7 Å². The Hall–Kier alpha value is -3.19. The first kappa shape index (κ1) is 21.1. The maximum Gasteiger partial charge on any atom is 0.261 e. The molecule has 7 nitrogen and oxygen atoms in total. The number of rotatable bonds is 5. The number of halogens is 1. The van der Waals surface area contributed by atoms with Gasteiger partial charge in [0.1, 0.15) is 0 Å². The summed E-state index contributed by atoms with van der Waals surface area (Å²) in [5.74, 6) is -1.05. The molecule has 0 radical (unpaired) electrons. The maximum absolute atomic E-state index is 12.6. The van der Waals surface area contributed by atoms with Crippen LogP contribution in [0.2, 0.25) is 5.02 Å². The van der Waals surface area contributed by atoms with Crippen molar-refractivity contribution in [3.05, 3.63) is 70.2 Å². The third-order valence-corrected chi connectivity index (χ3v) is 6.02. The highest BCUT2D eigenvalue weighted by Crippen LogP contribution is 2.23. The van der Waals surface area contributed by atoms with Crippen LogP contribution in [0.5, 0.6) is 0 Å². The number of carbonyl (C=O) groups is 4. The normalized spacial score (nSPS) is 16.4. The zero-order chi connectivity index (χ0) is 22.0. The molecule has 2 aromatic carbocycles. The van der Waals surface area contributed by atoms with Crippen LogP contribution in [-0.4, -0.2) is 59.1 Å². The summed E-state index contributed by atoms with van der Waals surface area (Å²) in [7, 11) is 0. The molecule has 4 rings (SSSR count). The van der Waals surface area contributed by atoms with Crippen LogP contribution in [0.3, 0.4) is 0 Å². The van der Waals surface area contributed by atoms with Gasteiger partial charge >= 0.3 is 0 Å². The van der Waals surface area contributed by atoms with Crippen LogP contribution in [0.4, 0.5) is 0 Å². The van der Waals surface area contributed by atoms with Crippen LogP contribution in [0.1, 0.15) is 50.3 Å². The molecule has 0 spiro atoms. The summed E-state index contributed by atoms with van der Waals surface area (Å²) in [6.07, 6.45) is 1.31. The highest BCUT2D eigenvalue weighted by molar-refractivity contribution is 6.33. The summed E-state index contributed by atoms with van der Waals surface area (Å²) in [6.45, 7) is 1.09. The number of imide groups is 1. The molecule has 1 fully saturated rings. The summed E-state index contributed by atoms with van der Waals surface area (Å²) in [5.41, 5.74) is 1.24. The van der Waals surface area contributed by atoms with Crippen molar-refractivity contribution in [1.29, 1.82) is 0 Å².